The molecule has 1 unspecified atom stereocenters. The van der Waals surface area contributed by atoms with E-state index in [1.807, 2.05) is 13.8 Å². The first kappa shape index (κ1) is 23.0. The molecular weight excluding hydrogens is 438 g/mol. The highest BCUT2D eigenvalue weighted by Gasteiger charge is 2.36. The molecule has 2 rings (SSSR count). The van der Waals surface area contributed by atoms with Gasteiger partial charge in [-0.1, -0.05) is 25.4 Å². The van der Waals surface area contributed by atoms with E-state index in [-0.39, 0.29) is 31.1 Å². The number of nitrogens with zero attached hydrogens (tertiary/aromatic N) is 2. The van der Waals surface area contributed by atoms with Crippen molar-refractivity contribution >= 4 is 29.6 Å². The van der Waals surface area contributed by atoms with Crippen LogP contribution in [0.5, 0.6) is 0 Å². The van der Waals surface area contributed by atoms with E-state index < -0.39 is 39.9 Å². The molecule has 0 bridgehead atoms. The van der Waals surface area contributed by atoms with Crippen LogP contribution in [0.4, 0.5) is 17.6 Å². The first-order chi connectivity index (χ1) is 13.4. The molecule has 12 heteroatoms. The molecule has 1 heterocycles. The second kappa shape index (κ2) is 8.62. The molecule has 2 aromatic rings. The van der Waals surface area contributed by atoms with Gasteiger partial charge in [-0.2, -0.15) is 13.2 Å². The van der Waals surface area contributed by atoms with E-state index >= 15 is 0 Å². The Bertz CT molecular complexity index is 1050. The molecule has 0 saturated heterocycles. The summed E-state index contributed by atoms with van der Waals surface area (Å²) in [6, 6.07) is 1.92. The van der Waals surface area contributed by atoms with E-state index in [9.17, 15) is 31.9 Å². The van der Waals surface area contributed by atoms with E-state index in [0.717, 1.165) is 23.9 Å². The zero-order valence-corrected chi connectivity index (χ0v) is 16.7. The lowest BCUT2D eigenvalue weighted by atomic mass is 10.1. The number of thioether (sulfide) groups is 1. The number of benzene rings is 1. The van der Waals surface area contributed by atoms with Gasteiger partial charge in [0, 0.05) is 11.0 Å². The third-order valence-corrected chi connectivity index (χ3v) is 5.43. The first-order valence-corrected chi connectivity index (χ1v) is 9.45. The number of nitrogen functional groups attached to an aromatic ring is 1. The lowest BCUT2D eigenvalue weighted by molar-refractivity contribution is -0.143. The van der Waals surface area contributed by atoms with Crippen molar-refractivity contribution < 1.29 is 22.4 Å². The number of aldehydes is 1. The fourth-order valence-electron chi connectivity index (χ4n) is 2.54. The van der Waals surface area contributed by atoms with Gasteiger partial charge in [0.15, 0.2) is 5.69 Å². The van der Waals surface area contributed by atoms with Gasteiger partial charge in [0.05, 0.1) is 16.0 Å². The Balaban J connectivity index is 2.65. The standard InChI is InChI=1S/C17H16ClF4N3O3S/c1-8(2)3-9(7-26)29-13-5-12(11(19)4-10(13)18)24-15(27)6-14(17(20,21)22)25(23)16(24)28/h4-9H,3,23H2,1-2H3. The molecule has 1 aromatic carbocycles. The molecule has 29 heavy (non-hydrogen) atoms. The number of hydrogen-bond acceptors (Lipinski definition) is 5. The predicted molar refractivity (Wildman–Crippen MR) is 102 cm³/mol. The fraction of sp³-hybridized carbons (Fsp3) is 0.353. The van der Waals surface area contributed by atoms with Crippen LogP contribution in [0.1, 0.15) is 26.0 Å². The molecule has 0 saturated carbocycles. The van der Waals surface area contributed by atoms with Gasteiger partial charge < -0.3 is 10.6 Å². The summed E-state index contributed by atoms with van der Waals surface area (Å²) in [7, 11) is 0. The van der Waals surface area contributed by atoms with Crippen LogP contribution < -0.4 is 17.1 Å². The minimum Gasteiger partial charge on any atom is -0.335 e. The van der Waals surface area contributed by atoms with Crippen molar-refractivity contribution in [3.8, 4) is 5.69 Å². The Morgan fingerprint density at radius 1 is 1.24 bits per heavy atom. The summed E-state index contributed by atoms with van der Waals surface area (Å²) >= 11 is 6.98. The van der Waals surface area contributed by atoms with Crippen LogP contribution in [-0.2, 0) is 11.0 Å². The molecule has 0 amide bonds. The SMILES string of the molecule is CC(C)CC(C=O)Sc1cc(-n2c(=O)cc(C(F)(F)F)n(N)c2=O)c(F)cc1Cl. The number of rotatable bonds is 6. The highest BCUT2D eigenvalue weighted by Crippen LogP contribution is 2.35. The van der Waals surface area contributed by atoms with Crippen LogP contribution in [0, 0.1) is 11.7 Å². The lowest BCUT2D eigenvalue weighted by Crippen LogP contribution is -2.45. The van der Waals surface area contributed by atoms with Gasteiger partial charge in [0.25, 0.3) is 5.56 Å². The number of halogens is 5. The zero-order chi connectivity index (χ0) is 22.1. The smallest absolute Gasteiger partial charge is 0.335 e. The Kier molecular flexibility index (Phi) is 6.84. The number of carbonyl (C=O) groups excluding carboxylic acids is 1. The number of carbonyl (C=O) groups is 1. The highest BCUT2D eigenvalue weighted by atomic mass is 35.5. The third-order valence-electron chi connectivity index (χ3n) is 3.80. The van der Waals surface area contributed by atoms with Crippen molar-refractivity contribution in [2.45, 2.75) is 36.6 Å². The summed E-state index contributed by atoms with van der Waals surface area (Å²) < 4.78 is 53.1. The maximum Gasteiger partial charge on any atom is 0.433 e. The van der Waals surface area contributed by atoms with Gasteiger partial charge in [-0.15, -0.1) is 11.8 Å². The summed E-state index contributed by atoms with van der Waals surface area (Å²) in [5, 5.41) is -0.624. The van der Waals surface area contributed by atoms with Gasteiger partial charge in [0.1, 0.15) is 12.1 Å². The normalized spacial score (nSPS) is 13.0. The second-order valence-corrected chi connectivity index (χ2v) is 8.20. The average Bonchev–Trinajstić information content (AvgIpc) is 2.59. The van der Waals surface area contributed by atoms with E-state index in [1.165, 1.54) is 0 Å². The topological polar surface area (TPSA) is 87.1 Å². The quantitative estimate of drug-likeness (QED) is 0.314. The molecule has 0 aliphatic carbocycles. The average molecular weight is 454 g/mol. The lowest BCUT2D eigenvalue weighted by Gasteiger charge is -2.16. The number of aromatic nitrogens is 2. The Morgan fingerprint density at radius 3 is 2.38 bits per heavy atom. The Labute approximate surface area is 171 Å². The van der Waals surface area contributed by atoms with Gasteiger partial charge in [-0.3, -0.25) is 4.79 Å². The minimum atomic E-state index is -5.06. The number of hydrogen-bond donors (Lipinski definition) is 1. The molecular formula is C17H16ClF4N3O3S. The summed E-state index contributed by atoms with van der Waals surface area (Å²) in [6.45, 7) is 3.78. The van der Waals surface area contributed by atoms with Crippen LogP contribution in [-0.4, -0.2) is 20.8 Å². The summed E-state index contributed by atoms with van der Waals surface area (Å²) in [5.41, 5.74) is -5.31. The fourth-order valence-corrected chi connectivity index (χ4v) is 4.03. The molecule has 6 nitrogen and oxygen atoms in total. The third kappa shape index (κ3) is 5.02. The van der Waals surface area contributed by atoms with Crippen molar-refractivity contribution in [2.24, 2.45) is 5.92 Å². The highest BCUT2D eigenvalue weighted by molar-refractivity contribution is 8.00. The van der Waals surface area contributed by atoms with E-state index in [4.69, 9.17) is 17.4 Å². The molecule has 0 aliphatic heterocycles. The van der Waals surface area contributed by atoms with Crippen molar-refractivity contribution in [3.63, 3.8) is 0 Å². The van der Waals surface area contributed by atoms with Crippen molar-refractivity contribution in [3.05, 3.63) is 55.6 Å². The molecule has 1 aromatic heterocycles. The van der Waals surface area contributed by atoms with Crippen molar-refractivity contribution in [2.75, 3.05) is 5.84 Å². The van der Waals surface area contributed by atoms with Crippen LogP contribution in [0.15, 0.2) is 32.7 Å². The largest absolute Gasteiger partial charge is 0.433 e. The molecule has 1 atom stereocenters. The monoisotopic (exact) mass is 453 g/mol. The van der Waals surface area contributed by atoms with Gasteiger partial charge in [0.2, 0.25) is 0 Å². The van der Waals surface area contributed by atoms with Crippen LogP contribution in [0.3, 0.4) is 0 Å². The summed E-state index contributed by atoms with van der Waals surface area (Å²) in [6.07, 6.45) is -3.89. The number of nitrogens with two attached hydrogens (primary N) is 1. The van der Waals surface area contributed by atoms with Crippen LogP contribution in [0.2, 0.25) is 5.02 Å². The van der Waals surface area contributed by atoms with E-state index in [2.05, 4.69) is 0 Å². The molecule has 0 aliphatic rings. The predicted octanol–water partition coefficient (Wildman–Crippen LogP) is 3.23. The van der Waals surface area contributed by atoms with Gasteiger partial charge >= 0.3 is 11.9 Å². The van der Waals surface area contributed by atoms with E-state index in [0.29, 0.717) is 12.7 Å². The molecule has 0 fully saturated rings. The maximum absolute atomic E-state index is 14.4. The summed E-state index contributed by atoms with van der Waals surface area (Å²) in [4.78, 5) is 35.9. The van der Waals surface area contributed by atoms with Crippen molar-refractivity contribution in [1.82, 2.24) is 9.24 Å². The Hall–Kier alpha value is -2.27. The summed E-state index contributed by atoms with van der Waals surface area (Å²) in [5.74, 6) is 4.22. The van der Waals surface area contributed by atoms with Crippen molar-refractivity contribution in [1.29, 1.82) is 0 Å². The van der Waals surface area contributed by atoms with E-state index in [1.54, 1.807) is 0 Å². The number of alkyl halides is 3. The molecule has 0 radical (unpaired) electrons. The van der Waals surface area contributed by atoms with Crippen LogP contribution >= 0.6 is 23.4 Å². The first-order valence-electron chi connectivity index (χ1n) is 8.19. The molecule has 2 N–H and O–H groups in total. The van der Waals surface area contributed by atoms with Gasteiger partial charge in [-0.05, 0) is 24.5 Å². The molecule has 158 valence electrons. The maximum atomic E-state index is 14.4. The Morgan fingerprint density at radius 2 is 1.86 bits per heavy atom. The minimum absolute atomic E-state index is 0.0834. The second-order valence-electron chi connectivity index (χ2n) is 6.51. The van der Waals surface area contributed by atoms with Crippen LogP contribution in [0.25, 0.3) is 5.69 Å². The molecule has 0 spiro atoms. The zero-order valence-electron chi connectivity index (χ0n) is 15.2. The van der Waals surface area contributed by atoms with Gasteiger partial charge in [-0.25, -0.2) is 18.4 Å².